The maximum atomic E-state index is 3.81. The second-order valence-corrected chi connectivity index (χ2v) is 5.51. The lowest BCUT2D eigenvalue weighted by Crippen LogP contribution is -1.82. The largest absolute Gasteiger partial charge is 0.0987 e. The average molecular weight is 256 g/mol. The van der Waals surface area contributed by atoms with Gasteiger partial charge in [0.2, 0.25) is 0 Å². The van der Waals surface area contributed by atoms with Gasteiger partial charge in [-0.25, -0.2) is 0 Å². The van der Waals surface area contributed by atoms with Crippen LogP contribution in [0.1, 0.15) is 0 Å². The number of halogens is 2. The lowest BCUT2D eigenvalue weighted by molar-refractivity contribution is 1.57. The van der Waals surface area contributed by atoms with E-state index in [4.69, 9.17) is 0 Å². The van der Waals surface area contributed by atoms with Crippen LogP contribution in [0.25, 0.3) is 0 Å². The van der Waals surface area contributed by atoms with Crippen LogP contribution in [0.2, 0.25) is 0 Å². The summed E-state index contributed by atoms with van der Waals surface area (Å²) in [6.45, 7) is 3.81. The van der Waals surface area contributed by atoms with Gasteiger partial charge in [0.15, 0.2) is 0 Å². The Bertz CT molecular complexity index is 151. The Hall–Kier alpha value is 0.790. The van der Waals surface area contributed by atoms with Crippen LogP contribution in [0.3, 0.4) is 0 Å². The minimum absolute atomic E-state index is 0.386. The average Bonchev–Trinajstić information content (AvgIpc) is 1.85. The van der Waals surface area contributed by atoms with Crippen LogP contribution in [-0.2, 0) is 0 Å². The van der Waals surface area contributed by atoms with E-state index in [0.29, 0.717) is 4.16 Å². The molecule has 0 nitrogen and oxygen atoms in total. The fraction of sp³-hybridized carbons (Fsp3) is 0.200. The molecule has 1 aliphatic rings. The third-order valence-electron chi connectivity index (χ3n) is 0.806. The second-order valence-electron chi connectivity index (χ2n) is 1.46. The van der Waals surface area contributed by atoms with E-state index in [-0.39, 0.29) is 0 Å². The van der Waals surface area contributed by atoms with E-state index in [0.717, 1.165) is 9.39 Å². The summed E-state index contributed by atoms with van der Waals surface area (Å²) >= 11 is 8.50. The molecule has 0 amide bonds. The standard InChI is InChI=1S/C5H4Br2S/c1-3-2-4(6)8-5(3)7/h2,5H,1H2. The highest BCUT2D eigenvalue weighted by atomic mass is 79.9. The molecule has 1 rings (SSSR count). The molecule has 0 saturated carbocycles. The third-order valence-corrected chi connectivity index (χ3v) is 3.60. The molecular formula is C5H4Br2S. The zero-order valence-electron chi connectivity index (χ0n) is 4.03. The van der Waals surface area contributed by atoms with Gasteiger partial charge in [-0.2, -0.15) is 0 Å². The molecular weight excluding hydrogens is 252 g/mol. The van der Waals surface area contributed by atoms with Gasteiger partial charge in [0.1, 0.15) is 0 Å². The molecule has 1 unspecified atom stereocenters. The molecule has 44 valence electrons. The topological polar surface area (TPSA) is 0 Å². The smallest absolute Gasteiger partial charge is 0.0896 e. The minimum atomic E-state index is 0.386. The molecule has 1 heterocycles. The Morgan fingerprint density at radius 3 is 2.50 bits per heavy atom. The van der Waals surface area contributed by atoms with Crippen LogP contribution in [0.4, 0.5) is 0 Å². The molecule has 0 aromatic heterocycles. The van der Waals surface area contributed by atoms with Crippen LogP contribution in [0.5, 0.6) is 0 Å². The zero-order valence-corrected chi connectivity index (χ0v) is 8.01. The summed E-state index contributed by atoms with van der Waals surface area (Å²) in [7, 11) is 0. The SMILES string of the molecule is C=C1C=C(Br)SC1Br. The van der Waals surface area contributed by atoms with Gasteiger partial charge in [-0.05, 0) is 27.6 Å². The summed E-state index contributed by atoms with van der Waals surface area (Å²) in [5, 5.41) is 0. The summed E-state index contributed by atoms with van der Waals surface area (Å²) in [6, 6.07) is 0. The maximum absolute atomic E-state index is 3.81. The van der Waals surface area contributed by atoms with E-state index in [9.17, 15) is 0 Å². The number of allylic oxidation sites excluding steroid dienone is 1. The van der Waals surface area contributed by atoms with Gasteiger partial charge in [0.05, 0.1) is 7.97 Å². The zero-order chi connectivity index (χ0) is 6.15. The van der Waals surface area contributed by atoms with Crippen molar-refractivity contribution in [2.75, 3.05) is 0 Å². The van der Waals surface area contributed by atoms with Crippen molar-refractivity contribution in [3.05, 3.63) is 22.0 Å². The van der Waals surface area contributed by atoms with E-state index >= 15 is 0 Å². The number of rotatable bonds is 0. The predicted octanol–water partition coefficient (Wildman–Crippen LogP) is 3.25. The van der Waals surface area contributed by atoms with Gasteiger partial charge in [0, 0.05) is 0 Å². The Morgan fingerprint density at radius 2 is 2.38 bits per heavy atom. The lowest BCUT2D eigenvalue weighted by atomic mass is 10.4. The van der Waals surface area contributed by atoms with Crippen molar-refractivity contribution in [2.24, 2.45) is 0 Å². The highest BCUT2D eigenvalue weighted by molar-refractivity contribution is 9.15. The van der Waals surface area contributed by atoms with E-state index in [1.165, 1.54) is 0 Å². The highest BCUT2D eigenvalue weighted by Gasteiger charge is 2.15. The molecule has 0 radical (unpaired) electrons. The molecule has 0 bridgehead atoms. The molecule has 0 aliphatic carbocycles. The lowest BCUT2D eigenvalue weighted by Gasteiger charge is -1.95. The van der Waals surface area contributed by atoms with Crippen molar-refractivity contribution in [3.8, 4) is 0 Å². The summed E-state index contributed by atoms with van der Waals surface area (Å²) in [6.07, 6.45) is 2.02. The van der Waals surface area contributed by atoms with Gasteiger partial charge in [-0.1, -0.05) is 34.3 Å². The number of hydrogen-bond acceptors (Lipinski definition) is 1. The molecule has 3 heteroatoms. The van der Waals surface area contributed by atoms with Crippen molar-refractivity contribution in [3.63, 3.8) is 0 Å². The molecule has 0 spiro atoms. The number of thioether (sulfide) groups is 1. The maximum Gasteiger partial charge on any atom is 0.0896 e. The summed E-state index contributed by atoms with van der Waals surface area (Å²) in [4.78, 5) is 0. The quantitative estimate of drug-likeness (QED) is 0.599. The Kier molecular flexibility index (Phi) is 2.23. The molecule has 0 fully saturated rings. The summed E-state index contributed by atoms with van der Waals surface area (Å²) in [5.74, 6) is 0. The number of hydrogen-bond donors (Lipinski definition) is 0. The molecule has 8 heavy (non-hydrogen) atoms. The van der Waals surface area contributed by atoms with Crippen LogP contribution in [0.15, 0.2) is 22.0 Å². The fourth-order valence-electron chi connectivity index (χ4n) is 0.420. The van der Waals surface area contributed by atoms with Gasteiger partial charge in [-0.15, -0.1) is 0 Å². The predicted molar refractivity (Wildman–Crippen MR) is 46.5 cm³/mol. The van der Waals surface area contributed by atoms with Crippen LogP contribution >= 0.6 is 43.6 Å². The second kappa shape index (κ2) is 2.58. The third kappa shape index (κ3) is 1.39. The first-order valence-corrected chi connectivity index (χ1v) is 4.65. The van der Waals surface area contributed by atoms with Crippen molar-refractivity contribution in [2.45, 2.75) is 4.16 Å². The van der Waals surface area contributed by atoms with E-state index < -0.39 is 0 Å². The van der Waals surface area contributed by atoms with Gasteiger partial charge >= 0.3 is 0 Å². The molecule has 1 atom stereocenters. The highest BCUT2D eigenvalue weighted by Crippen LogP contribution is 2.41. The Labute approximate surface area is 69.7 Å². The number of alkyl halides is 1. The first-order chi connectivity index (χ1) is 3.70. The van der Waals surface area contributed by atoms with Crippen LogP contribution in [-0.4, -0.2) is 4.16 Å². The van der Waals surface area contributed by atoms with Crippen molar-refractivity contribution >= 4 is 43.6 Å². The van der Waals surface area contributed by atoms with Crippen LogP contribution in [0, 0.1) is 0 Å². The van der Waals surface area contributed by atoms with Crippen molar-refractivity contribution in [1.29, 1.82) is 0 Å². The van der Waals surface area contributed by atoms with E-state index in [1.54, 1.807) is 11.8 Å². The monoisotopic (exact) mass is 254 g/mol. The molecule has 0 aromatic rings. The Morgan fingerprint density at radius 1 is 1.75 bits per heavy atom. The molecule has 1 aliphatic heterocycles. The van der Waals surface area contributed by atoms with E-state index in [2.05, 4.69) is 38.4 Å². The van der Waals surface area contributed by atoms with Gasteiger partial charge in [-0.3, -0.25) is 0 Å². The first kappa shape index (κ1) is 6.90. The van der Waals surface area contributed by atoms with Crippen LogP contribution < -0.4 is 0 Å². The fourth-order valence-corrected chi connectivity index (χ4v) is 3.40. The summed E-state index contributed by atoms with van der Waals surface area (Å²) in [5.41, 5.74) is 1.13. The minimum Gasteiger partial charge on any atom is -0.0987 e. The van der Waals surface area contributed by atoms with Gasteiger partial charge in [0.25, 0.3) is 0 Å². The molecule has 0 aromatic carbocycles. The van der Waals surface area contributed by atoms with Crippen molar-refractivity contribution in [1.82, 2.24) is 0 Å². The summed E-state index contributed by atoms with van der Waals surface area (Å²) < 4.78 is 1.54. The normalized spacial score (nSPS) is 28.5. The van der Waals surface area contributed by atoms with E-state index in [1.807, 2.05) is 6.08 Å². The van der Waals surface area contributed by atoms with Crippen molar-refractivity contribution < 1.29 is 0 Å². The Balaban J connectivity index is 2.70. The molecule has 0 saturated heterocycles. The first-order valence-electron chi connectivity index (χ1n) is 2.07. The van der Waals surface area contributed by atoms with Gasteiger partial charge < -0.3 is 0 Å². The molecule has 0 N–H and O–H groups in total.